The number of benzene rings is 1. The fourth-order valence-electron chi connectivity index (χ4n) is 3.53. The zero-order chi connectivity index (χ0) is 21.3. The summed E-state index contributed by atoms with van der Waals surface area (Å²) in [5.41, 5.74) is 9.47. The third-order valence-corrected chi connectivity index (χ3v) is 4.95. The Morgan fingerprint density at radius 1 is 1.37 bits per heavy atom. The van der Waals surface area contributed by atoms with Gasteiger partial charge >= 0.3 is 0 Å². The molecule has 0 fully saturated rings. The third kappa shape index (κ3) is 3.49. The van der Waals surface area contributed by atoms with Crippen LogP contribution in [0, 0.1) is 11.2 Å². The van der Waals surface area contributed by atoms with Gasteiger partial charge in [0, 0.05) is 47.8 Å². The van der Waals surface area contributed by atoms with Gasteiger partial charge in [0.15, 0.2) is 11.6 Å². The molecule has 0 saturated carbocycles. The van der Waals surface area contributed by atoms with Crippen molar-refractivity contribution in [3.8, 4) is 11.4 Å². The molecular weight excluding hydrogens is 385 g/mol. The SMILES string of the molecule is CCN/C1=C(\C=N)Cc2ncnn2-c2ccc(F)cc2[C@@H](C)Oc2cc1cnc2N. The number of nitrogen functional groups attached to an aromatic ring is 1. The Kier molecular flexibility index (Phi) is 5.18. The number of ether oxygens (including phenoxy) is 1. The molecule has 3 aromatic rings. The lowest BCUT2D eigenvalue weighted by Gasteiger charge is -2.22. The molecule has 0 unspecified atom stereocenters. The maximum Gasteiger partial charge on any atom is 0.166 e. The van der Waals surface area contributed by atoms with Crippen LogP contribution in [0.3, 0.4) is 0 Å². The number of pyridine rings is 1. The third-order valence-electron chi connectivity index (χ3n) is 4.95. The van der Waals surface area contributed by atoms with Gasteiger partial charge in [0.2, 0.25) is 0 Å². The van der Waals surface area contributed by atoms with Gasteiger partial charge in [-0.3, -0.25) is 0 Å². The maximum absolute atomic E-state index is 14.1. The highest BCUT2D eigenvalue weighted by molar-refractivity contribution is 5.89. The Morgan fingerprint density at radius 2 is 2.20 bits per heavy atom. The normalized spacial score (nSPS) is 18.3. The maximum atomic E-state index is 14.1. The van der Waals surface area contributed by atoms with Crippen molar-refractivity contribution in [1.82, 2.24) is 25.1 Å². The number of aromatic nitrogens is 4. The first-order valence-corrected chi connectivity index (χ1v) is 9.60. The Morgan fingerprint density at radius 3 is 2.97 bits per heavy atom. The van der Waals surface area contributed by atoms with Crippen molar-refractivity contribution in [3.63, 3.8) is 0 Å². The summed E-state index contributed by atoms with van der Waals surface area (Å²) in [5.74, 6) is 0.851. The van der Waals surface area contributed by atoms with Gasteiger partial charge in [-0.05, 0) is 38.1 Å². The molecule has 0 aliphatic carbocycles. The summed E-state index contributed by atoms with van der Waals surface area (Å²) in [6, 6.07) is 6.22. The van der Waals surface area contributed by atoms with Crippen LogP contribution in [0.4, 0.5) is 10.2 Å². The summed E-state index contributed by atoms with van der Waals surface area (Å²) >= 11 is 0. The largest absolute Gasteiger partial charge is 0.482 e. The molecular formula is C21H22FN7O. The summed E-state index contributed by atoms with van der Waals surface area (Å²) in [4.78, 5) is 8.65. The fraction of sp³-hybridized carbons (Fsp3) is 0.238. The van der Waals surface area contributed by atoms with Crippen LogP contribution >= 0.6 is 0 Å². The molecule has 9 heteroatoms. The fourth-order valence-corrected chi connectivity index (χ4v) is 3.53. The van der Waals surface area contributed by atoms with E-state index in [4.69, 9.17) is 15.9 Å². The van der Waals surface area contributed by atoms with E-state index < -0.39 is 6.10 Å². The van der Waals surface area contributed by atoms with Gasteiger partial charge in [-0.25, -0.2) is 19.0 Å². The van der Waals surface area contributed by atoms with Gasteiger partial charge in [0.1, 0.15) is 24.1 Å². The predicted octanol–water partition coefficient (Wildman–Crippen LogP) is 3.05. The van der Waals surface area contributed by atoms with E-state index >= 15 is 0 Å². The Hall–Kier alpha value is -3.75. The molecule has 3 heterocycles. The van der Waals surface area contributed by atoms with Crippen LogP contribution in [0.15, 0.2) is 42.4 Å². The summed E-state index contributed by atoms with van der Waals surface area (Å²) in [6.07, 6.45) is 4.19. The van der Waals surface area contributed by atoms with Gasteiger partial charge in [-0.15, -0.1) is 0 Å². The molecule has 1 aromatic carbocycles. The van der Waals surface area contributed by atoms with E-state index in [-0.39, 0.29) is 11.6 Å². The standard InChI is InChI=1S/C21H22FN7O/c1-3-25-20-13(9-23)7-19-27-11-28-29(19)17-5-4-15(22)8-16(17)12(2)30-18-6-14(20)10-26-21(18)24/h4-6,8-12,23,25H,3,7H2,1-2H3,(H2,24,26)/b20-13-,23-9?/t12-/m1/s1. The minimum Gasteiger partial charge on any atom is -0.482 e. The quantitative estimate of drug-likeness (QED) is 0.575. The number of nitrogens with one attached hydrogen (secondary N) is 2. The molecule has 154 valence electrons. The van der Waals surface area contributed by atoms with Gasteiger partial charge in [-0.1, -0.05) is 0 Å². The highest BCUT2D eigenvalue weighted by Gasteiger charge is 2.22. The highest BCUT2D eigenvalue weighted by Crippen LogP contribution is 2.33. The summed E-state index contributed by atoms with van der Waals surface area (Å²) in [5, 5.41) is 15.7. The minimum absolute atomic E-state index is 0.231. The van der Waals surface area contributed by atoms with Crippen LogP contribution in [0.2, 0.25) is 0 Å². The van der Waals surface area contributed by atoms with Crippen LogP contribution in [0.5, 0.6) is 5.75 Å². The lowest BCUT2D eigenvalue weighted by molar-refractivity contribution is 0.226. The summed E-state index contributed by atoms with van der Waals surface area (Å²) in [6.45, 7) is 4.44. The van der Waals surface area contributed by atoms with E-state index in [1.165, 1.54) is 24.7 Å². The molecule has 1 atom stereocenters. The van der Waals surface area contributed by atoms with Crippen LogP contribution in [-0.4, -0.2) is 32.5 Å². The van der Waals surface area contributed by atoms with Gasteiger partial charge in [0.05, 0.1) is 5.69 Å². The van der Waals surface area contributed by atoms with Crippen LogP contribution < -0.4 is 15.8 Å². The van der Waals surface area contributed by atoms with E-state index in [1.54, 1.807) is 23.0 Å². The molecule has 0 amide bonds. The lowest BCUT2D eigenvalue weighted by atomic mass is 10.0. The highest BCUT2D eigenvalue weighted by atomic mass is 19.1. The molecule has 30 heavy (non-hydrogen) atoms. The number of halogens is 1. The first kappa shape index (κ1) is 19.6. The van der Waals surface area contributed by atoms with E-state index in [9.17, 15) is 4.39 Å². The van der Waals surface area contributed by atoms with Gasteiger partial charge in [-0.2, -0.15) is 5.10 Å². The van der Waals surface area contributed by atoms with Crippen molar-refractivity contribution in [1.29, 1.82) is 5.41 Å². The van der Waals surface area contributed by atoms with Crippen molar-refractivity contribution in [3.05, 3.63) is 65.1 Å². The monoisotopic (exact) mass is 407 g/mol. The molecule has 0 radical (unpaired) electrons. The molecule has 1 aliphatic rings. The van der Waals surface area contributed by atoms with Crippen LogP contribution in [-0.2, 0) is 6.42 Å². The van der Waals surface area contributed by atoms with Crippen molar-refractivity contribution in [2.24, 2.45) is 0 Å². The molecule has 0 saturated heterocycles. The van der Waals surface area contributed by atoms with Crippen molar-refractivity contribution < 1.29 is 9.13 Å². The predicted molar refractivity (Wildman–Crippen MR) is 112 cm³/mol. The van der Waals surface area contributed by atoms with Crippen molar-refractivity contribution >= 4 is 17.7 Å². The zero-order valence-electron chi connectivity index (χ0n) is 16.7. The topological polar surface area (TPSA) is 115 Å². The average Bonchev–Trinajstić information content (AvgIpc) is 3.19. The van der Waals surface area contributed by atoms with Gasteiger partial charge < -0.3 is 21.2 Å². The molecule has 2 bridgehead atoms. The number of nitrogens with two attached hydrogens (primary N) is 1. The van der Waals surface area contributed by atoms with Gasteiger partial charge in [0.25, 0.3) is 0 Å². The molecule has 4 N–H and O–H groups in total. The second-order valence-corrected chi connectivity index (χ2v) is 6.91. The van der Waals surface area contributed by atoms with E-state index in [1.807, 2.05) is 13.8 Å². The Bertz CT molecular complexity index is 1140. The van der Waals surface area contributed by atoms with E-state index in [2.05, 4.69) is 20.4 Å². The second kappa shape index (κ2) is 7.94. The molecule has 2 aromatic heterocycles. The zero-order valence-corrected chi connectivity index (χ0v) is 16.7. The average molecular weight is 407 g/mol. The first-order chi connectivity index (χ1) is 14.5. The number of anilines is 1. The van der Waals surface area contributed by atoms with Crippen molar-refractivity contribution in [2.45, 2.75) is 26.4 Å². The van der Waals surface area contributed by atoms with Crippen molar-refractivity contribution in [2.75, 3.05) is 12.3 Å². The Labute approximate surface area is 173 Å². The smallest absolute Gasteiger partial charge is 0.166 e. The number of allylic oxidation sites excluding steroid dienone is 1. The van der Waals surface area contributed by atoms with E-state index in [0.717, 1.165) is 11.3 Å². The number of hydrogen-bond donors (Lipinski definition) is 3. The summed E-state index contributed by atoms with van der Waals surface area (Å²) < 4.78 is 21.8. The Balaban J connectivity index is 2.00. The summed E-state index contributed by atoms with van der Waals surface area (Å²) in [7, 11) is 0. The first-order valence-electron chi connectivity index (χ1n) is 9.60. The second-order valence-electron chi connectivity index (χ2n) is 6.91. The molecule has 8 nitrogen and oxygen atoms in total. The molecule has 4 rings (SSSR count). The number of fused-ring (bicyclic) bond motifs is 5. The van der Waals surface area contributed by atoms with Crippen LogP contribution in [0.1, 0.15) is 36.9 Å². The van der Waals surface area contributed by atoms with Crippen LogP contribution in [0.25, 0.3) is 11.4 Å². The number of nitrogens with zero attached hydrogens (tertiary/aromatic N) is 4. The van der Waals surface area contributed by atoms with E-state index in [0.29, 0.717) is 41.4 Å². The molecule has 1 aliphatic heterocycles. The number of hydrogen-bond acceptors (Lipinski definition) is 7. The minimum atomic E-state index is -0.528. The lowest BCUT2D eigenvalue weighted by Crippen LogP contribution is -2.18. The molecule has 0 spiro atoms. The number of rotatable bonds is 3.